The second-order valence-electron chi connectivity index (χ2n) is 5.04. The molecule has 0 saturated heterocycles. The summed E-state index contributed by atoms with van der Waals surface area (Å²) in [5.74, 6) is -0.0488. The van der Waals surface area contributed by atoms with E-state index in [0.717, 1.165) is 11.1 Å². The zero-order valence-corrected chi connectivity index (χ0v) is 12.4. The largest absolute Gasteiger partial charge is 0.459 e. The van der Waals surface area contributed by atoms with Gasteiger partial charge in [-0.3, -0.25) is 4.79 Å². The Kier molecular flexibility index (Phi) is 5.44. The minimum atomic E-state index is -4.33. The van der Waals surface area contributed by atoms with Crippen molar-refractivity contribution >= 4 is 5.91 Å². The molecule has 2 rings (SSSR count). The van der Waals surface area contributed by atoms with Crippen LogP contribution in [0.3, 0.4) is 0 Å². The Balaban J connectivity index is 1.81. The molecule has 1 N–H and O–H groups in total. The van der Waals surface area contributed by atoms with Crippen LogP contribution < -0.4 is 5.32 Å². The van der Waals surface area contributed by atoms with Crippen LogP contribution in [0.1, 0.15) is 27.2 Å². The zero-order chi connectivity index (χ0) is 16.9. The van der Waals surface area contributed by atoms with Crippen molar-refractivity contribution < 1.29 is 27.1 Å². The Bertz CT molecular complexity index is 647. The Labute approximate surface area is 131 Å². The zero-order valence-electron chi connectivity index (χ0n) is 12.4. The fraction of sp³-hybridized carbons (Fsp3) is 0.312. The first-order chi connectivity index (χ1) is 10.8. The molecular formula is C16H16F3NO3. The lowest BCUT2D eigenvalue weighted by atomic mass is 10.1. The standard InChI is InChI=1S/C16H16F3NO3/c1-11-6-7-23-14(11)15(21)20-8-12-2-4-13(5-3-12)9-22-10-16(17,18)19/h2-7H,8-10H2,1H3,(H,20,21). The van der Waals surface area contributed by atoms with Gasteiger partial charge in [-0.25, -0.2) is 0 Å². The molecule has 1 amide bonds. The van der Waals surface area contributed by atoms with E-state index >= 15 is 0 Å². The normalized spacial score (nSPS) is 11.5. The van der Waals surface area contributed by atoms with Gasteiger partial charge < -0.3 is 14.5 Å². The minimum Gasteiger partial charge on any atom is -0.459 e. The van der Waals surface area contributed by atoms with Gasteiger partial charge in [-0.05, 0) is 24.1 Å². The molecule has 1 aromatic carbocycles. The summed E-state index contributed by atoms with van der Waals surface area (Å²) in [5, 5.41) is 2.71. The number of furan rings is 1. The number of benzene rings is 1. The second kappa shape index (κ2) is 7.32. The number of carbonyl (C=O) groups is 1. The SMILES string of the molecule is Cc1ccoc1C(=O)NCc1ccc(COCC(F)(F)F)cc1. The Morgan fingerprint density at radius 1 is 1.17 bits per heavy atom. The van der Waals surface area contributed by atoms with Crippen LogP contribution in [0.2, 0.25) is 0 Å². The van der Waals surface area contributed by atoms with Gasteiger partial charge in [-0.2, -0.15) is 13.2 Å². The summed E-state index contributed by atoms with van der Waals surface area (Å²) >= 11 is 0. The van der Waals surface area contributed by atoms with Crippen LogP contribution in [0.5, 0.6) is 0 Å². The lowest BCUT2D eigenvalue weighted by Gasteiger charge is -2.08. The van der Waals surface area contributed by atoms with E-state index in [1.54, 1.807) is 37.3 Å². The predicted octanol–water partition coefficient (Wildman–Crippen LogP) is 3.60. The van der Waals surface area contributed by atoms with E-state index in [9.17, 15) is 18.0 Å². The third kappa shape index (κ3) is 5.45. The molecule has 4 nitrogen and oxygen atoms in total. The number of hydrogen-bond acceptors (Lipinski definition) is 3. The lowest BCUT2D eigenvalue weighted by Crippen LogP contribution is -2.22. The fourth-order valence-electron chi connectivity index (χ4n) is 1.91. The molecule has 0 unspecified atom stereocenters. The molecule has 2 aromatic rings. The number of carbonyl (C=O) groups excluding carboxylic acids is 1. The smallest absolute Gasteiger partial charge is 0.411 e. The molecule has 0 radical (unpaired) electrons. The highest BCUT2D eigenvalue weighted by Gasteiger charge is 2.27. The molecule has 0 aliphatic rings. The summed E-state index contributed by atoms with van der Waals surface area (Å²) in [7, 11) is 0. The van der Waals surface area contributed by atoms with Crippen molar-refractivity contribution in [1.82, 2.24) is 5.32 Å². The van der Waals surface area contributed by atoms with Crippen LogP contribution in [0.15, 0.2) is 41.0 Å². The van der Waals surface area contributed by atoms with E-state index < -0.39 is 12.8 Å². The van der Waals surface area contributed by atoms with Crippen molar-refractivity contribution in [3.05, 3.63) is 59.0 Å². The van der Waals surface area contributed by atoms with Gasteiger partial charge in [0, 0.05) is 12.1 Å². The van der Waals surface area contributed by atoms with Crippen LogP contribution in [0.25, 0.3) is 0 Å². The van der Waals surface area contributed by atoms with Crippen molar-refractivity contribution in [2.75, 3.05) is 6.61 Å². The minimum absolute atomic E-state index is 0.113. The molecule has 0 bridgehead atoms. The first-order valence-electron chi connectivity index (χ1n) is 6.90. The third-order valence-electron chi connectivity index (χ3n) is 3.08. The molecule has 0 aliphatic carbocycles. The maximum absolute atomic E-state index is 12.0. The van der Waals surface area contributed by atoms with Gasteiger partial charge in [0.25, 0.3) is 5.91 Å². The van der Waals surface area contributed by atoms with Gasteiger partial charge in [0.1, 0.15) is 6.61 Å². The summed E-state index contributed by atoms with van der Waals surface area (Å²) in [6, 6.07) is 8.47. The summed E-state index contributed by atoms with van der Waals surface area (Å²) in [6.07, 6.45) is -2.88. The molecule has 0 atom stereocenters. The van der Waals surface area contributed by atoms with E-state index in [0.29, 0.717) is 12.1 Å². The fourth-order valence-corrected chi connectivity index (χ4v) is 1.91. The third-order valence-corrected chi connectivity index (χ3v) is 3.08. The molecule has 1 heterocycles. The molecule has 124 valence electrons. The van der Waals surface area contributed by atoms with Crippen molar-refractivity contribution in [2.45, 2.75) is 26.3 Å². The topological polar surface area (TPSA) is 51.5 Å². The number of nitrogens with one attached hydrogen (secondary N) is 1. The molecule has 0 fully saturated rings. The van der Waals surface area contributed by atoms with Crippen LogP contribution in [0.4, 0.5) is 13.2 Å². The summed E-state index contributed by atoms with van der Waals surface area (Å²) < 4.78 is 45.6. The number of hydrogen-bond donors (Lipinski definition) is 1. The molecule has 7 heteroatoms. The number of halogens is 3. The quantitative estimate of drug-likeness (QED) is 0.882. The highest BCUT2D eigenvalue weighted by Crippen LogP contribution is 2.16. The van der Waals surface area contributed by atoms with Crippen molar-refractivity contribution in [2.24, 2.45) is 0 Å². The second-order valence-corrected chi connectivity index (χ2v) is 5.04. The van der Waals surface area contributed by atoms with E-state index in [4.69, 9.17) is 4.42 Å². The number of alkyl halides is 3. The highest BCUT2D eigenvalue weighted by atomic mass is 19.4. The molecule has 0 aliphatic heterocycles. The van der Waals surface area contributed by atoms with Crippen molar-refractivity contribution in [3.8, 4) is 0 Å². The summed E-state index contributed by atoms with van der Waals surface area (Å²) in [5.41, 5.74) is 2.20. The van der Waals surface area contributed by atoms with Crippen LogP contribution in [0, 0.1) is 6.92 Å². The van der Waals surface area contributed by atoms with Crippen LogP contribution >= 0.6 is 0 Å². The van der Waals surface area contributed by atoms with Gasteiger partial charge in [0.15, 0.2) is 5.76 Å². The molecule has 0 saturated carbocycles. The maximum atomic E-state index is 12.0. The number of aryl methyl sites for hydroxylation is 1. The average Bonchev–Trinajstić information content (AvgIpc) is 2.91. The number of amides is 1. The van der Waals surface area contributed by atoms with Crippen LogP contribution in [-0.4, -0.2) is 18.7 Å². The van der Waals surface area contributed by atoms with E-state index in [1.807, 2.05) is 0 Å². The average molecular weight is 327 g/mol. The number of rotatable bonds is 6. The van der Waals surface area contributed by atoms with Crippen molar-refractivity contribution in [1.29, 1.82) is 0 Å². The molecule has 0 spiro atoms. The van der Waals surface area contributed by atoms with E-state index in [2.05, 4.69) is 10.1 Å². The highest BCUT2D eigenvalue weighted by molar-refractivity contribution is 5.92. The van der Waals surface area contributed by atoms with Crippen LogP contribution in [-0.2, 0) is 17.9 Å². The lowest BCUT2D eigenvalue weighted by molar-refractivity contribution is -0.176. The van der Waals surface area contributed by atoms with Crippen molar-refractivity contribution in [3.63, 3.8) is 0 Å². The maximum Gasteiger partial charge on any atom is 0.411 e. The van der Waals surface area contributed by atoms with Gasteiger partial charge in [-0.15, -0.1) is 0 Å². The van der Waals surface area contributed by atoms with E-state index in [1.165, 1.54) is 6.26 Å². The molecule has 23 heavy (non-hydrogen) atoms. The molecular weight excluding hydrogens is 311 g/mol. The van der Waals surface area contributed by atoms with Gasteiger partial charge in [0.2, 0.25) is 0 Å². The summed E-state index contributed by atoms with van der Waals surface area (Å²) in [4.78, 5) is 11.9. The number of ether oxygens (including phenoxy) is 1. The van der Waals surface area contributed by atoms with Gasteiger partial charge >= 0.3 is 6.18 Å². The Hall–Kier alpha value is -2.28. The first-order valence-corrected chi connectivity index (χ1v) is 6.90. The predicted molar refractivity (Wildman–Crippen MR) is 76.8 cm³/mol. The Morgan fingerprint density at radius 3 is 2.39 bits per heavy atom. The Morgan fingerprint density at radius 2 is 1.83 bits per heavy atom. The summed E-state index contributed by atoms with van der Waals surface area (Å²) in [6.45, 7) is 0.682. The molecule has 1 aromatic heterocycles. The monoisotopic (exact) mass is 327 g/mol. The first kappa shape index (κ1) is 17.1. The van der Waals surface area contributed by atoms with Gasteiger partial charge in [0.05, 0.1) is 12.9 Å². The van der Waals surface area contributed by atoms with Gasteiger partial charge in [-0.1, -0.05) is 24.3 Å². The van der Waals surface area contributed by atoms with E-state index in [-0.39, 0.29) is 18.3 Å².